The summed E-state index contributed by atoms with van der Waals surface area (Å²) in [5, 5.41) is 2.76. The lowest BCUT2D eigenvalue weighted by Gasteiger charge is -2.16. The Morgan fingerprint density at radius 2 is 2.10 bits per heavy atom. The van der Waals surface area contributed by atoms with Gasteiger partial charge in [0.25, 0.3) is 5.91 Å². The van der Waals surface area contributed by atoms with Crippen LogP contribution in [0.1, 0.15) is 36.0 Å². The lowest BCUT2D eigenvalue weighted by molar-refractivity contribution is 0.0957. The van der Waals surface area contributed by atoms with Gasteiger partial charge in [-0.25, -0.2) is 0 Å². The van der Waals surface area contributed by atoms with E-state index in [2.05, 4.69) is 27.8 Å². The highest BCUT2D eigenvalue weighted by Crippen LogP contribution is 2.32. The quantitative estimate of drug-likeness (QED) is 0.848. The second-order valence-electron chi connectivity index (χ2n) is 5.09. The van der Waals surface area contributed by atoms with E-state index in [1.54, 1.807) is 25.3 Å². The highest BCUT2D eigenvalue weighted by molar-refractivity contribution is 9.11. The number of rotatable bonds is 6. The summed E-state index contributed by atoms with van der Waals surface area (Å²) in [4.78, 5) is 12.0. The molecule has 0 aliphatic heterocycles. The maximum atomic E-state index is 12.0. The smallest absolute Gasteiger partial charge is 0.251 e. The predicted octanol–water partition coefficient (Wildman–Crippen LogP) is 3.66. The van der Waals surface area contributed by atoms with Crippen molar-refractivity contribution in [1.29, 1.82) is 0 Å². The Hall–Kier alpha value is -1.49. The average Bonchev–Trinajstić information content (AvgIpc) is 2.98. The first-order chi connectivity index (χ1) is 10.1. The Bertz CT molecular complexity index is 524. The van der Waals surface area contributed by atoms with Crippen LogP contribution in [-0.2, 0) is 0 Å². The Morgan fingerprint density at radius 1 is 1.38 bits per heavy atom. The number of nitrogens with one attached hydrogen (secondary N) is 1. The van der Waals surface area contributed by atoms with E-state index in [0.717, 1.165) is 17.3 Å². The second kappa shape index (κ2) is 7.50. The van der Waals surface area contributed by atoms with Crippen LogP contribution in [0.2, 0.25) is 0 Å². The number of carbonyl (C=O) groups is 1. The molecule has 0 spiro atoms. The van der Waals surface area contributed by atoms with E-state index >= 15 is 0 Å². The van der Waals surface area contributed by atoms with Crippen LogP contribution in [0.15, 0.2) is 29.3 Å². The molecule has 114 valence electrons. The van der Waals surface area contributed by atoms with Crippen molar-refractivity contribution in [3.63, 3.8) is 0 Å². The number of methoxy groups -OCH3 is 1. The Labute approximate surface area is 133 Å². The first-order valence-corrected chi connectivity index (χ1v) is 7.85. The number of hydrogen-bond acceptors (Lipinski definition) is 3. The van der Waals surface area contributed by atoms with Crippen molar-refractivity contribution in [2.45, 2.75) is 31.8 Å². The van der Waals surface area contributed by atoms with Crippen LogP contribution < -0.4 is 14.8 Å². The van der Waals surface area contributed by atoms with Crippen molar-refractivity contribution in [1.82, 2.24) is 5.32 Å². The highest BCUT2D eigenvalue weighted by Gasteiger charge is 2.19. The fraction of sp³-hybridized carbons (Fsp3) is 0.438. The molecule has 1 amide bonds. The summed E-state index contributed by atoms with van der Waals surface area (Å²) in [6.45, 7) is 4.07. The minimum atomic E-state index is -0.165. The fourth-order valence-electron chi connectivity index (χ4n) is 2.37. The van der Waals surface area contributed by atoms with Crippen LogP contribution in [0, 0.1) is 0 Å². The van der Waals surface area contributed by atoms with Gasteiger partial charge in [0.15, 0.2) is 11.5 Å². The summed E-state index contributed by atoms with van der Waals surface area (Å²) in [6, 6.07) is 5.25. The molecule has 0 atom stereocenters. The molecule has 5 heteroatoms. The van der Waals surface area contributed by atoms with Gasteiger partial charge in [-0.2, -0.15) is 0 Å². The maximum Gasteiger partial charge on any atom is 0.251 e. The molecule has 4 nitrogen and oxygen atoms in total. The lowest BCUT2D eigenvalue weighted by atomic mass is 10.2. The second-order valence-corrected chi connectivity index (χ2v) is 6.21. The van der Waals surface area contributed by atoms with Crippen molar-refractivity contribution >= 4 is 21.8 Å². The van der Waals surface area contributed by atoms with Gasteiger partial charge < -0.3 is 14.8 Å². The molecule has 0 aromatic heterocycles. The number of carbonyl (C=O) groups excluding carboxylic acids is 1. The molecule has 0 heterocycles. The van der Waals surface area contributed by atoms with E-state index in [4.69, 9.17) is 9.47 Å². The van der Waals surface area contributed by atoms with Crippen molar-refractivity contribution in [2.75, 3.05) is 13.7 Å². The lowest BCUT2D eigenvalue weighted by Crippen LogP contribution is -2.24. The van der Waals surface area contributed by atoms with Gasteiger partial charge in [0, 0.05) is 16.6 Å². The van der Waals surface area contributed by atoms with E-state index in [9.17, 15) is 4.79 Å². The van der Waals surface area contributed by atoms with Gasteiger partial charge in [-0.15, -0.1) is 0 Å². The van der Waals surface area contributed by atoms with Crippen molar-refractivity contribution < 1.29 is 14.3 Å². The van der Waals surface area contributed by atoms with Gasteiger partial charge in [0.2, 0.25) is 0 Å². The van der Waals surface area contributed by atoms with Gasteiger partial charge in [-0.05, 0) is 43.9 Å². The Morgan fingerprint density at radius 3 is 2.71 bits per heavy atom. The molecule has 2 rings (SSSR count). The summed E-state index contributed by atoms with van der Waals surface area (Å²) in [5.74, 6) is 1.12. The molecule has 0 bridgehead atoms. The zero-order chi connectivity index (χ0) is 15.2. The van der Waals surface area contributed by atoms with E-state index in [-0.39, 0.29) is 12.0 Å². The monoisotopic (exact) mass is 353 g/mol. The number of halogens is 1. The SMILES string of the molecule is C=C(Br)CNC(=O)c1ccc(OC2CCCC2)c(OC)c1. The van der Waals surface area contributed by atoms with Gasteiger partial charge in [-0.1, -0.05) is 22.5 Å². The van der Waals surface area contributed by atoms with Crippen molar-refractivity contribution in [3.8, 4) is 11.5 Å². The Balaban J connectivity index is 2.07. The third-order valence-corrected chi connectivity index (χ3v) is 3.74. The van der Waals surface area contributed by atoms with E-state index in [1.807, 2.05) is 0 Å². The summed E-state index contributed by atoms with van der Waals surface area (Å²) >= 11 is 3.21. The van der Waals surface area contributed by atoms with E-state index < -0.39 is 0 Å². The van der Waals surface area contributed by atoms with Gasteiger partial charge in [0.05, 0.1) is 13.2 Å². The van der Waals surface area contributed by atoms with Crippen LogP contribution in [0.4, 0.5) is 0 Å². The summed E-state index contributed by atoms with van der Waals surface area (Å²) in [6.07, 6.45) is 4.85. The van der Waals surface area contributed by atoms with Crippen LogP contribution in [-0.4, -0.2) is 25.7 Å². The average molecular weight is 354 g/mol. The van der Waals surface area contributed by atoms with Gasteiger partial charge >= 0.3 is 0 Å². The molecule has 1 aromatic carbocycles. The normalized spacial score (nSPS) is 14.8. The fourth-order valence-corrected chi connectivity index (χ4v) is 2.51. The van der Waals surface area contributed by atoms with Crippen molar-refractivity contribution in [2.24, 2.45) is 0 Å². The van der Waals surface area contributed by atoms with Crippen LogP contribution in [0.3, 0.4) is 0 Å². The third-order valence-electron chi connectivity index (χ3n) is 3.46. The molecule has 1 aliphatic rings. The van der Waals surface area contributed by atoms with Crippen molar-refractivity contribution in [3.05, 3.63) is 34.8 Å². The minimum absolute atomic E-state index is 0.165. The largest absolute Gasteiger partial charge is 0.493 e. The molecule has 0 unspecified atom stereocenters. The maximum absolute atomic E-state index is 12.0. The molecular formula is C16H20BrNO3. The molecule has 1 fully saturated rings. The van der Waals surface area contributed by atoms with Gasteiger partial charge in [-0.3, -0.25) is 4.79 Å². The summed E-state index contributed by atoms with van der Waals surface area (Å²) in [7, 11) is 1.58. The zero-order valence-corrected chi connectivity index (χ0v) is 13.7. The summed E-state index contributed by atoms with van der Waals surface area (Å²) < 4.78 is 12.0. The summed E-state index contributed by atoms with van der Waals surface area (Å²) in [5.41, 5.74) is 0.541. The van der Waals surface area contributed by atoms with Crippen LogP contribution in [0.25, 0.3) is 0 Å². The molecule has 1 aliphatic carbocycles. The Kier molecular flexibility index (Phi) is 5.67. The first kappa shape index (κ1) is 15.9. The number of hydrogen-bond donors (Lipinski definition) is 1. The first-order valence-electron chi connectivity index (χ1n) is 7.06. The predicted molar refractivity (Wildman–Crippen MR) is 86.3 cm³/mol. The number of ether oxygens (including phenoxy) is 2. The molecule has 0 saturated heterocycles. The third kappa shape index (κ3) is 4.49. The minimum Gasteiger partial charge on any atom is -0.493 e. The molecule has 21 heavy (non-hydrogen) atoms. The molecular weight excluding hydrogens is 334 g/mol. The number of amides is 1. The molecule has 1 aromatic rings. The highest BCUT2D eigenvalue weighted by atomic mass is 79.9. The van der Waals surface area contributed by atoms with Crippen LogP contribution >= 0.6 is 15.9 Å². The zero-order valence-electron chi connectivity index (χ0n) is 12.2. The molecule has 0 radical (unpaired) electrons. The standard InChI is InChI=1S/C16H20BrNO3/c1-11(17)10-18-16(19)12-7-8-14(15(9-12)20-2)21-13-5-3-4-6-13/h7-9,13H,1,3-6,10H2,2H3,(H,18,19). The van der Waals surface area contributed by atoms with Gasteiger partial charge in [0.1, 0.15) is 0 Å². The molecule has 1 N–H and O–H groups in total. The van der Waals surface area contributed by atoms with E-state index in [1.165, 1.54) is 12.8 Å². The van der Waals surface area contributed by atoms with Crippen LogP contribution in [0.5, 0.6) is 11.5 Å². The topological polar surface area (TPSA) is 47.6 Å². The van der Waals surface area contributed by atoms with E-state index in [0.29, 0.717) is 23.6 Å². The number of benzene rings is 1. The molecule has 1 saturated carbocycles.